The number of nitrogen functional groups attached to an aromatic ring is 1. The van der Waals surface area contributed by atoms with Crippen LogP contribution in [0.15, 0.2) is 48.5 Å². The van der Waals surface area contributed by atoms with E-state index >= 15 is 0 Å². The molecule has 148 valence electrons. The Balaban J connectivity index is 0. The summed E-state index contributed by atoms with van der Waals surface area (Å²) in [7, 11) is 0. The summed E-state index contributed by atoms with van der Waals surface area (Å²) >= 11 is 0. The molecule has 0 spiro atoms. The minimum absolute atomic E-state index is 0. The van der Waals surface area contributed by atoms with Crippen molar-refractivity contribution in [2.24, 2.45) is 17.5 Å². The lowest BCUT2D eigenvalue weighted by atomic mass is 10.1. The van der Waals surface area contributed by atoms with Crippen LogP contribution in [0.4, 0.5) is 0 Å². The van der Waals surface area contributed by atoms with Gasteiger partial charge in [0.2, 0.25) is 0 Å². The summed E-state index contributed by atoms with van der Waals surface area (Å²) in [5.74, 6) is 12.2. The first-order valence-electron chi connectivity index (χ1n) is 7.57. The van der Waals surface area contributed by atoms with Crippen LogP contribution < -0.4 is 23.0 Å². The fourth-order valence-electron chi connectivity index (χ4n) is 1.67. The molecule has 28 heavy (non-hydrogen) atoms. The second-order valence-electron chi connectivity index (χ2n) is 4.57. The van der Waals surface area contributed by atoms with Gasteiger partial charge in [-0.05, 0) is 55.5 Å². The van der Waals surface area contributed by atoms with Crippen LogP contribution in [0.5, 0.6) is 0 Å². The zero-order valence-electron chi connectivity index (χ0n) is 15.2. The van der Waals surface area contributed by atoms with Crippen molar-refractivity contribution >= 4 is 11.9 Å². The van der Waals surface area contributed by atoms with Crippen LogP contribution in [0.1, 0.15) is 38.8 Å². The maximum Gasteiger partial charge on any atom is 0.338 e. The van der Waals surface area contributed by atoms with Crippen molar-refractivity contribution in [3.8, 4) is 12.1 Å². The second kappa shape index (κ2) is 15.5. The van der Waals surface area contributed by atoms with Crippen LogP contribution in [-0.2, 0) is 4.74 Å². The third-order valence-corrected chi connectivity index (χ3v) is 2.93. The average molecular weight is 386 g/mol. The van der Waals surface area contributed by atoms with Gasteiger partial charge in [-0.2, -0.15) is 10.5 Å². The van der Waals surface area contributed by atoms with Gasteiger partial charge >= 0.3 is 5.97 Å². The van der Waals surface area contributed by atoms with Crippen LogP contribution in [0, 0.1) is 22.7 Å². The van der Waals surface area contributed by atoms with E-state index in [1.165, 1.54) is 0 Å². The van der Waals surface area contributed by atoms with Gasteiger partial charge in [0.15, 0.2) is 0 Å². The highest BCUT2D eigenvalue weighted by Crippen LogP contribution is 2.04. The predicted octanol–water partition coefficient (Wildman–Crippen LogP) is -0.109. The number of nitrogens with one attached hydrogen (secondary N) is 1. The van der Waals surface area contributed by atoms with Crippen molar-refractivity contribution < 1.29 is 19.8 Å². The number of hydrazine groups is 2. The number of ether oxygens (including phenoxy) is 1. The molecule has 0 saturated carbocycles. The second-order valence-corrected chi connectivity index (χ2v) is 4.57. The fourth-order valence-corrected chi connectivity index (χ4v) is 1.67. The van der Waals surface area contributed by atoms with Gasteiger partial charge in [-0.1, -0.05) is 0 Å². The molecule has 10 nitrogen and oxygen atoms in total. The highest BCUT2D eigenvalue weighted by Gasteiger charge is 2.04. The van der Waals surface area contributed by atoms with E-state index in [1.807, 2.05) is 17.6 Å². The lowest BCUT2D eigenvalue weighted by Crippen LogP contribution is -2.29. The molecule has 0 aromatic heterocycles. The number of rotatable bonds is 3. The molecular formula is C18H22N6O4. The van der Waals surface area contributed by atoms with Gasteiger partial charge in [0.05, 0.1) is 35.4 Å². The molecule has 0 atom stereocenters. The lowest BCUT2D eigenvalue weighted by molar-refractivity contribution is 0.0526. The zero-order chi connectivity index (χ0) is 20.7. The Bertz CT molecular complexity index is 808. The van der Waals surface area contributed by atoms with Crippen molar-refractivity contribution in [1.82, 2.24) is 5.43 Å². The Morgan fingerprint density at radius 1 is 0.929 bits per heavy atom. The molecule has 2 rings (SSSR count). The van der Waals surface area contributed by atoms with Crippen LogP contribution in [0.3, 0.4) is 0 Å². The number of nitrogens with zero attached hydrogens (tertiary/aromatic N) is 2. The summed E-state index contributed by atoms with van der Waals surface area (Å²) in [5.41, 5.74) is 3.96. The predicted molar refractivity (Wildman–Crippen MR) is 102 cm³/mol. The van der Waals surface area contributed by atoms with Gasteiger partial charge in [0.25, 0.3) is 5.91 Å². The summed E-state index contributed by atoms with van der Waals surface area (Å²) < 4.78 is 4.78. The molecule has 0 aliphatic rings. The molecule has 10 heteroatoms. The number of carbonyl (C=O) groups is 2. The molecule has 1 amide bonds. The lowest BCUT2D eigenvalue weighted by Gasteiger charge is -2.00. The largest absolute Gasteiger partial charge is 0.462 e. The number of carbonyl (C=O) groups excluding carboxylic acids is 2. The van der Waals surface area contributed by atoms with Crippen molar-refractivity contribution in [2.75, 3.05) is 6.61 Å². The molecule has 0 fully saturated rings. The number of amides is 1. The number of hydrogen-bond donors (Lipinski definition) is 4. The monoisotopic (exact) mass is 386 g/mol. The first kappa shape index (κ1) is 26.4. The highest BCUT2D eigenvalue weighted by atomic mass is 16.5. The highest BCUT2D eigenvalue weighted by molar-refractivity contribution is 5.93. The van der Waals surface area contributed by atoms with E-state index < -0.39 is 0 Å². The van der Waals surface area contributed by atoms with E-state index in [0.29, 0.717) is 28.9 Å². The van der Waals surface area contributed by atoms with Gasteiger partial charge in [-0.15, -0.1) is 0 Å². The average Bonchev–Trinajstić information content (AvgIpc) is 2.75. The van der Waals surface area contributed by atoms with Crippen molar-refractivity contribution in [3.05, 3.63) is 70.8 Å². The molecule has 9 N–H and O–H groups in total. The minimum Gasteiger partial charge on any atom is -0.462 e. The van der Waals surface area contributed by atoms with Gasteiger partial charge < -0.3 is 10.2 Å². The summed E-state index contributed by atoms with van der Waals surface area (Å²) in [6.07, 6.45) is 0. The normalized spacial score (nSPS) is 8.07. The number of hydrogen-bond acceptors (Lipinski definition) is 8. The van der Waals surface area contributed by atoms with Gasteiger partial charge in [0.1, 0.15) is 0 Å². The van der Waals surface area contributed by atoms with Crippen molar-refractivity contribution in [1.29, 1.82) is 10.5 Å². The van der Waals surface area contributed by atoms with E-state index in [2.05, 4.69) is 11.7 Å². The number of nitrogens with two attached hydrogens (primary N) is 3. The SMILES string of the molecule is CCOC(=O)c1ccc(C#N)cc1.N#Cc1ccc(C(=O)NN)cc1.NN.O. The Morgan fingerprint density at radius 2 is 1.32 bits per heavy atom. The molecule has 2 aromatic rings. The van der Waals surface area contributed by atoms with Gasteiger partial charge in [0, 0.05) is 5.56 Å². The van der Waals surface area contributed by atoms with E-state index in [1.54, 1.807) is 55.5 Å². The Labute approximate surface area is 162 Å². The quantitative estimate of drug-likeness (QED) is 0.241. The molecule has 0 aliphatic carbocycles. The Kier molecular flexibility index (Phi) is 14.6. The summed E-state index contributed by atoms with van der Waals surface area (Å²) in [6.45, 7) is 2.11. The molecule has 0 heterocycles. The summed E-state index contributed by atoms with van der Waals surface area (Å²) in [5, 5.41) is 17.0. The number of benzene rings is 2. The minimum atomic E-state index is -0.362. The summed E-state index contributed by atoms with van der Waals surface area (Å²) in [4.78, 5) is 22.0. The van der Waals surface area contributed by atoms with Gasteiger partial charge in [-0.25, -0.2) is 10.6 Å². The third kappa shape index (κ3) is 9.05. The Hall–Kier alpha value is -3.80. The first-order chi connectivity index (χ1) is 13.0. The molecule has 0 aliphatic heterocycles. The van der Waals surface area contributed by atoms with Crippen molar-refractivity contribution in [2.45, 2.75) is 6.92 Å². The summed E-state index contributed by atoms with van der Waals surface area (Å²) in [6, 6.07) is 16.5. The van der Waals surface area contributed by atoms with Crippen LogP contribution in [0.25, 0.3) is 0 Å². The zero-order valence-corrected chi connectivity index (χ0v) is 15.2. The van der Waals surface area contributed by atoms with E-state index in [9.17, 15) is 9.59 Å². The smallest absolute Gasteiger partial charge is 0.338 e. The van der Waals surface area contributed by atoms with E-state index in [-0.39, 0.29) is 17.4 Å². The van der Waals surface area contributed by atoms with Crippen LogP contribution in [-0.4, -0.2) is 24.0 Å². The van der Waals surface area contributed by atoms with Crippen molar-refractivity contribution in [3.63, 3.8) is 0 Å². The molecular weight excluding hydrogens is 364 g/mol. The first-order valence-corrected chi connectivity index (χ1v) is 7.57. The molecule has 0 bridgehead atoms. The van der Waals surface area contributed by atoms with Crippen LogP contribution in [0.2, 0.25) is 0 Å². The maximum absolute atomic E-state index is 11.1. The van der Waals surface area contributed by atoms with Gasteiger partial charge in [-0.3, -0.25) is 21.9 Å². The van der Waals surface area contributed by atoms with Crippen LogP contribution >= 0.6 is 0 Å². The Morgan fingerprint density at radius 3 is 1.64 bits per heavy atom. The fraction of sp³-hybridized carbons (Fsp3) is 0.111. The van der Waals surface area contributed by atoms with E-state index in [4.69, 9.17) is 21.1 Å². The number of esters is 1. The molecule has 0 unspecified atom stereocenters. The number of nitriles is 2. The molecule has 2 aromatic carbocycles. The topological polar surface area (TPSA) is 213 Å². The van der Waals surface area contributed by atoms with E-state index in [0.717, 1.165) is 0 Å². The third-order valence-electron chi connectivity index (χ3n) is 2.93. The molecule has 0 saturated heterocycles. The standard InChI is InChI=1S/C10H9NO2.C8H7N3O.H4N2.H2O/c1-2-13-10(12)9-5-3-8(7-11)4-6-9;9-5-6-1-3-7(4-2-6)8(12)11-10;1-2;/h3-6H,2H2,1H3;1-4H,10H2,(H,11,12);1-2H2;1H2. The maximum atomic E-state index is 11.1. The molecule has 0 radical (unpaired) electrons.